The molecule has 1 fully saturated rings. The van der Waals surface area contributed by atoms with Crippen LogP contribution in [-0.2, 0) is 9.59 Å². The highest BCUT2D eigenvalue weighted by Crippen LogP contribution is 2.49. The first-order chi connectivity index (χ1) is 9.40. The van der Waals surface area contributed by atoms with E-state index in [1.165, 1.54) is 4.90 Å². The predicted molar refractivity (Wildman–Crippen MR) is 79.0 cm³/mol. The molecule has 20 heavy (non-hydrogen) atoms. The van der Waals surface area contributed by atoms with E-state index in [4.69, 9.17) is 23.2 Å². The Hall–Kier alpha value is -1.26. The third kappa shape index (κ3) is 3.44. The average molecular weight is 315 g/mol. The second kappa shape index (κ2) is 6.02. The van der Waals surface area contributed by atoms with E-state index < -0.39 is 0 Å². The molecule has 1 aliphatic rings. The van der Waals surface area contributed by atoms with Gasteiger partial charge >= 0.3 is 0 Å². The largest absolute Gasteiger partial charge is 0.347 e. The monoisotopic (exact) mass is 314 g/mol. The highest BCUT2D eigenvalue weighted by Gasteiger charge is 2.44. The van der Waals surface area contributed by atoms with Crippen LogP contribution in [0.4, 0.5) is 0 Å². The summed E-state index contributed by atoms with van der Waals surface area (Å²) in [4.78, 5) is 24.8. The van der Waals surface area contributed by atoms with Gasteiger partial charge in [-0.2, -0.15) is 0 Å². The van der Waals surface area contributed by atoms with Gasteiger partial charge in [0, 0.05) is 30.1 Å². The minimum atomic E-state index is -0.125. The number of carbonyl (C=O) groups is 2. The van der Waals surface area contributed by atoms with Crippen molar-refractivity contribution in [3.05, 3.63) is 33.8 Å². The number of likely N-dealkylation sites (N-methyl/N-ethyl adjacent to an activating group) is 1. The SMILES string of the molecule is CN(C)C(=O)CNC(=O)[C@@H]1C[C@@H]1c1ccc(Cl)cc1Cl. The Balaban J connectivity index is 1.91. The minimum Gasteiger partial charge on any atom is -0.347 e. The molecule has 0 aliphatic heterocycles. The molecule has 1 aromatic rings. The maximum atomic E-state index is 11.9. The van der Waals surface area contributed by atoms with Crippen LogP contribution in [0, 0.1) is 5.92 Å². The lowest BCUT2D eigenvalue weighted by Crippen LogP contribution is -2.37. The summed E-state index contributed by atoms with van der Waals surface area (Å²) in [6.45, 7) is 0.0312. The number of benzene rings is 1. The van der Waals surface area contributed by atoms with Crippen molar-refractivity contribution in [2.45, 2.75) is 12.3 Å². The molecule has 0 aromatic heterocycles. The third-order valence-electron chi connectivity index (χ3n) is 3.40. The topological polar surface area (TPSA) is 49.4 Å². The Bertz CT molecular complexity index is 546. The van der Waals surface area contributed by atoms with Crippen LogP contribution < -0.4 is 5.32 Å². The van der Waals surface area contributed by atoms with E-state index in [2.05, 4.69) is 5.32 Å². The molecule has 1 N–H and O–H groups in total. The van der Waals surface area contributed by atoms with Gasteiger partial charge in [-0.1, -0.05) is 29.3 Å². The van der Waals surface area contributed by atoms with Gasteiger partial charge in [-0.15, -0.1) is 0 Å². The van der Waals surface area contributed by atoms with Crippen LogP contribution in [0.3, 0.4) is 0 Å². The van der Waals surface area contributed by atoms with E-state index in [9.17, 15) is 9.59 Å². The number of carbonyl (C=O) groups excluding carboxylic acids is 2. The summed E-state index contributed by atoms with van der Waals surface area (Å²) in [5, 5.41) is 3.82. The van der Waals surface area contributed by atoms with Crippen molar-refractivity contribution < 1.29 is 9.59 Å². The van der Waals surface area contributed by atoms with Crippen molar-refractivity contribution in [3.8, 4) is 0 Å². The van der Waals surface area contributed by atoms with Crippen LogP contribution in [0.1, 0.15) is 17.9 Å². The number of hydrogen-bond donors (Lipinski definition) is 1. The van der Waals surface area contributed by atoms with Crippen LogP contribution in [0.15, 0.2) is 18.2 Å². The first-order valence-electron chi connectivity index (χ1n) is 6.33. The summed E-state index contributed by atoms with van der Waals surface area (Å²) in [7, 11) is 3.31. The van der Waals surface area contributed by atoms with E-state index in [0.29, 0.717) is 10.0 Å². The van der Waals surface area contributed by atoms with E-state index in [-0.39, 0.29) is 30.2 Å². The summed E-state index contributed by atoms with van der Waals surface area (Å²) >= 11 is 12.0. The van der Waals surface area contributed by atoms with Crippen LogP contribution >= 0.6 is 23.2 Å². The highest BCUT2D eigenvalue weighted by molar-refractivity contribution is 6.35. The van der Waals surface area contributed by atoms with Crippen molar-refractivity contribution in [1.82, 2.24) is 10.2 Å². The van der Waals surface area contributed by atoms with Gasteiger partial charge in [-0.25, -0.2) is 0 Å². The lowest BCUT2D eigenvalue weighted by Gasteiger charge is -2.11. The second-order valence-corrected chi connectivity index (χ2v) is 5.96. The number of hydrogen-bond acceptors (Lipinski definition) is 2. The zero-order valence-corrected chi connectivity index (χ0v) is 12.8. The molecule has 1 saturated carbocycles. The molecule has 0 unspecified atom stereocenters. The maximum absolute atomic E-state index is 11.9. The molecule has 2 rings (SSSR count). The lowest BCUT2D eigenvalue weighted by atomic mass is 10.1. The van der Waals surface area contributed by atoms with Crippen molar-refractivity contribution in [3.63, 3.8) is 0 Å². The highest BCUT2D eigenvalue weighted by atomic mass is 35.5. The minimum absolute atomic E-state index is 0.0312. The summed E-state index contributed by atoms with van der Waals surface area (Å²) in [6.07, 6.45) is 0.753. The fourth-order valence-electron chi connectivity index (χ4n) is 2.08. The number of amides is 2. The van der Waals surface area contributed by atoms with Crippen molar-refractivity contribution >= 4 is 35.0 Å². The molecule has 4 nitrogen and oxygen atoms in total. The van der Waals surface area contributed by atoms with Gasteiger partial charge in [0.05, 0.1) is 6.54 Å². The third-order valence-corrected chi connectivity index (χ3v) is 3.96. The molecular weight excluding hydrogens is 299 g/mol. The van der Waals surface area contributed by atoms with Crippen LogP contribution in [0.25, 0.3) is 0 Å². The van der Waals surface area contributed by atoms with Crippen molar-refractivity contribution in [2.75, 3.05) is 20.6 Å². The predicted octanol–water partition coefficient (Wildman–Crippen LogP) is 2.30. The maximum Gasteiger partial charge on any atom is 0.241 e. The Morgan fingerprint density at radius 2 is 2.05 bits per heavy atom. The molecule has 0 spiro atoms. The Morgan fingerprint density at radius 1 is 1.35 bits per heavy atom. The molecule has 1 aromatic carbocycles. The molecule has 0 radical (unpaired) electrons. The first kappa shape index (κ1) is 15.1. The quantitative estimate of drug-likeness (QED) is 0.927. The number of nitrogens with one attached hydrogen (secondary N) is 1. The van der Waals surface area contributed by atoms with E-state index in [1.54, 1.807) is 26.2 Å². The molecule has 0 heterocycles. The number of rotatable bonds is 4. The van der Waals surface area contributed by atoms with Gasteiger partial charge in [-0.05, 0) is 30.0 Å². The fourth-order valence-corrected chi connectivity index (χ4v) is 2.63. The molecule has 0 bridgehead atoms. The van der Waals surface area contributed by atoms with Gasteiger partial charge < -0.3 is 10.2 Å². The van der Waals surface area contributed by atoms with Gasteiger partial charge in [0.25, 0.3) is 0 Å². The zero-order chi connectivity index (χ0) is 14.9. The Morgan fingerprint density at radius 3 is 2.65 bits per heavy atom. The summed E-state index contributed by atoms with van der Waals surface area (Å²) in [5.74, 6) is -0.214. The first-order valence-corrected chi connectivity index (χ1v) is 7.08. The summed E-state index contributed by atoms with van der Waals surface area (Å²) in [5.41, 5.74) is 0.940. The van der Waals surface area contributed by atoms with Gasteiger partial charge in [0.1, 0.15) is 0 Å². The van der Waals surface area contributed by atoms with E-state index >= 15 is 0 Å². The van der Waals surface area contributed by atoms with Crippen molar-refractivity contribution in [2.24, 2.45) is 5.92 Å². The fraction of sp³-hybridized carbons (Fsp3) is 0.429. The summed E-state index contributed by atoms with van der Waals surface area (Å²) < 4.78 is 0. The van der Waals surface area contributed by atoms with Gasteiger partial charge in [0.2, 0.25) is 11.8 Å². The smallest absolute Gasteiger partial charge is 0.241 e. The number of nitrogens with zero attached hydrogens (tertiary/aromatic N) is 1. The van der Waals surface area contributed by atoms with E-state index in [0.717, 1.165) is 12.0 Å². The average Bonchev–Trinajstić information content (AvgIpc) is 3.15. The standard InChI is InChI=1S/C14H16Cl2N2O2/c1-18(2)13(19)7-17-14(20)11-6-10(11)9-4-3-8(15)5-12(9)16/h3-5,10-11H,6-7H2,1-2H3,(H,17,20)/t10-,11-/m1/s1. The second-order valence-electron chi connectivity index (χ2n) is 5.12. The summed E-state index contributed by atoms with van der Waals surface area (Å²) in [6, 6.07) is 5.31. The Labute approximate surface area is 128 Å². The number of halogens is 2. The van der Waals surface area contributed by atoms with Gasteiger partial charge in [-0.3, -0.25) is 9.59 Å². The van der Waals surface area contributed by atoms with Crippen LogP contribution in [0.2, 0.25) is 10.0 Å². The molecule has 108 valence electrons. The molecule has 0 saturated heterocycles. The van der Waals surface area contributed by atoms with Crippen LogP contribution in [0.5, 0.6) is 0 Å². The molecule has 2 atom stereocenters. The van der Waals surface area contributed by atoms with Crippen LogP contribution in [-0.4, -0.2) is 37.4 Å². The van der Waals surface area contributed by atoms with Gasteiger partial charge in [0.15, 0.2) is 0 Å². The Kier molecular flexibility index (Phi) is 4.55. The molecular formula is C14H16Cl2N2O2. The normalized spacial score (nSPS) is 20.4. The molecule has 1 aliphatic carbocycles. The lowest BCUT2D eigenvalue weighted by molar-refractivity contribution is -0.131. The van der Waals surface area contributed by atoms with Crippen molar-refractivity contribution in [1.29, 1.82) is 0 Å². The molecule has 2 amide bonds. The van der Waals surface area contributed by atoms with E-state index in [1.807, 2.05) is 6.07 Å². The zero-order valence-electron chi connectivity index (χ0n) is 11.3. The molecule has 6 heteroatoms.